The number of fused-ring (bicyclic) bond motifs is 1. The van der Waals surface area contributed by atoms with Crippen LogP contribution in [0.5, 0.6) is 5.75 Å². The number of ether oxygens (including phenoxy) is 1. The van der Waals surface area contributed by atoms with E-state index in [1.54, 1.807) is 18.9 Å². The normalized spacial score (nSPS) is 24.5. The Morgan fingerprint density at radius 2 is 1.97 bits per heavy atom. The van der Waals surface area contributed by atoms with E-state index < -0.39 is 0 Å². The van der Waals surface area contributed by atoms with Gasteiger partial charge >= 0.3 is 6.03 Å². The SMILES string of the molecule is COc1ccccc1NC(=O)Nc1ccnn1C1CCN(CC2=CC[C@H]3C[C@@H]2C3(C)C)CC1. The number of amides is 2. The monoisotopic (exact) mass is 449 g/mol. The highest BCUT2D eigenvalue weighted by molar-refractivity contribution is 6.00. The van der Waals surface area contributed by atoms with Gasteiger partial charge in [0.2, 0.25) is 0 Å². The van der Waals surface area contributed by atoms with E-state index in [2.05, 4.69) is 40.6 Å². The number of benzene rings is 1. The van der Waals surface area contributed by atoms with Crippen LogP contribution in [0.15, 0.2) is 48.2 Å². The summed E-state index contributed by atoms with van der Waals surface area (Å²) in [7, 11) is 1.59. The average Bonchev–Trinajstić information content (AvgIpc) is 3.27. The van der Waals surface area contributed by atoms with Crippen LogP contribution >= 0.6 is 0 Å². The molecule has 6 rings (SSSR count). The molecule has 1 aromatic carbocycles. The maximum Gasteiger partial charge on any atom is 0.324 e. The highest BCUT2D eigenvalue weighted by Gasteiger charge is 2.51. The summed E-state index contributed by atoms with van der Waals surface area (Å²) in [4.78, 5) is 15.2. The Morgan fingerprint density at radius 3 is 2.70 bits per heavy atom. The first kappa shape index (κ1) is 22.0. The number of carbonyl (C=O) groups excluding carboxylic acids is 1. The number of urea groups is 1. The van der Waals surface area contributed by atoms with Gasteiger partial charge in [0, 0.05) is 25.7 Å². The first-order chi connectivity index (χ1) is 16.0. The number of hydrogen-bond acceptors (Lipinski definition) is 4. The molecule has 1 aromatic heterocycles. The fraction of sp³-hybridized carbons (Fsp3) is 0.538. The van der Waals surface area contributed by atoms with E-state index in [1.165, 1.54) is 12.8 Å². The maximum absolute atomic E-state index is 12.6. The minimum Gasteiger partial charge on any atom is -0.495 e. The molecule has 2 amide bonds. The van der Waals surface area contributed by atoms with E-state index in [0.717, 1.165) is 50.1 Å². The highest BCUT2D eigenvalue weighted by Crippen LogP contribution is 2.59. The number of rotatable bonds is 6. The van der Waals surface area contributed by atoms with Crippen LogP contribution in [0.25, 0.3) is 0 Å². The number of aromatic nitrogens is 2. The summed E-state index contributed by atoms with van der Waals surface area (Å²) in [5.41, 5.74) is 2.79. The second-order valence-corrected chi connectivity index (χ2v) is 10.3. The fourth-order valence-corrected chi connectivity index (χ4v) is 5.96. The lowest BCUT2D eigenvalue weighted by Gasteiger charge is -2.57. The van der Waals surface area contributed by atoms with Gasteiger partial charge in [-0.05, 0) is 55.1 Å². The van der Waals surface area contributed by atoms with Crippen molar-refractivity contribution in [3.05, 3.63) is 48.2 Å². The lowest BCUT2D eigenvalue weighted by Crippen LogP contribution is -2.50. The van der Waals surface area contributed by atoms with Gasteiger partial charge in [-0.2, -0.15) is 5.10 Å². The first-order valence-corrected chi connectivity index (χ1v) is 12.1. The molecule has 2 aromatic rings. The average molecular weight is 450 g/mol. The molecule has 2 bridgehead atoms. The molecule has 2 heterocycles. The molecule has 0 radical (unpaired) electrons. The van der Waals surface area contributed by atoms with Crippen LogP contribution in [-0.2, 0) is 0 Å². The molecule has 2 atom stereocenters. The van der Waals surface area contributed by atoms with Gasteiger partial charge in [-0.15, -0.1) is 0 Å². The van der Waals surface area contributed by atoms with Crippen LogP contribution in [0.2, 0.25) is 0 Å². The smallest absolute Gasteiger partial charge is 0.324 e. The van der Waals surface area contributed by atoms with Crippen molar-refractivity contribution in [2.24, 2.45) is 17.3 Å². The highest BCUT2D eigenvalue weighted by atomic mass is 16.5. The summed E-state index contributed by atoms with van der Waals surface area (Å²) in [5, 5.41) is 10.4. The molecule has 0 unspecified atom stereocenters. The van der Waals surface area contributed by atoms with Gasteiger partial charge in [0.15, 0.2) is 0 Å². The van der Waals surface area contributed by atoms with Crippen LogP contribution < -0.4 is 15.4 Å². The Morgan fingerprint density at radius 1 is 1.18 bits per heavy atom. The van der Waals surface area contributed by atoms with E-state index in [1.807, 2.05) is 35.0 Å². The van der Waals surface area contributed by atoms with E-state index in [-0.39, 0.29) is 6.03 Å². The van der Waals surface area contributed by atoms with Crippen LogP contribution in [0.3, 0.4) is 0 Å². The molecule has 4 aliphatic rings. The zero-order valence-electron chi connectivity index (χ0n) is 19.9. The summed E-state index contributed by atoms with van der Waals surface area (Å²) in [5.74, 6) is 3.01. The summed E-state index contributed by atoms with van der Waals surface area (Å²) >= 11 is 0. The first-order valence-electron chi connectivity index (χ1n) is 12.1. The van der Waals surface area contributed by atoms with Crippen molar-refractivity contribution >= 4 is 17.5 Å². The Balaban J connectivity index is 1.16. The van der Waals surface area contributed by atoms with E-state index in [4.69, 9.17) is 4.74 Å². The molecular formula is C26H35N5O2. The number of likely N-dealkylation sites (tertiary alicyclic amines) is 1. The fourth-order valence-electron chi connectivity index (χ4n) is 5.96. The quantitative estimate of drug-likeness (QED) is 0.597. The zero-order chi connectivity index (χ0) is 23.0. The topological polar surface area (TPSA) is 71.4 Å². The van der Waals surface area contributed by atoms with Crippen molar-refractivity contribution in [1.29, 1.82) is 0 Å². The Hall–Kier alpha value is -2.80. The predicted molar refractivity (Wildman–Crippen MR) is 131 cm³/mol. The summed E-state index contributed by atoms with van der Waals surface area (Å²) in [6.07, 6.45) is 8.99. The number of carbonyl (C=O) groups is 1. The molecule has 176 valence electrons. The molecule has 1 aliphatic heterocycles. The minimum atomic E-state index is -0.302. The van der Waals surface area contributed by atoms with E-state index in [9.17, 15) is 4.79 Å². The van der Waals surface area contributed by atoms with Crippen molar-refractivity contribution in [3.63, 3.8) is 0 Å². The molecular weight excluding hydrogens is 414 g/mol. The third-order valence-electron chi connectivity index (χ3n) is 8.16. The zero-order valence-corrected chi connectivity index (χ0v) is 19.9. The molecule has 2 fully saturated rings. The molecule has 3 aliphatic carbocycles. The van der Waals surface area contributed by atoms with E-state index >= 15 is 0 Å². The predicted octanol–water partition coefficient (Wildman–Crippen LogP) is 5.17. The van der Waals surface area contributed by atoms with Crippen LogP contribution in [0, 0.1) is 17.3 Å². The lowest BCUT2D eigenvalue weighted by molar-refractivity contribution is -0.0115. The van der Waals surface area contributed by atoms with Crippen molar-refractivity contribution in [3.8, 4) is 5.75 Å². The lowest BCUT2D eigenvalue weighted by atomic mass is 9.49. The van der Waals surface area contributed by atoms with Crippen LogP contribution in [0.1, 0.15) is 45.6 Å². The molecule has 7 nitrogen and oxygen atoms in total. The molecule has 1 saturated heterocycles. The summed E-state index contributed by atoms with van der Waals surface area (Å²) in [6.45, 7) is 8.12. The number of nitrogens with one attached hydrogen (secondary N) is 2. The molecule has 1 saturated carbocycles. The summed E-state index contributed by atoms with van der Waals surface area (Å²) < 4.78 is 7.29. The molecule has 7 heteroatoms. The Kier molecular flexibility index (Phi) is 5.91. The molecule has 0 spiro atoms. The minimum absolute atomic E-state index is 0.294. The van der Waals surface area contributed by atoms with Crippen molar-refractivity contribution in [1.82, 2.24) is 14.7 Å². The second kappa shape index (κ2) is 8.86. The maximum atomic E-state index is 12.6. The van der Waals surface area contributed by atoms with Gasteiger partial charge in [0.05, 0.1) is 25.0 Å². The van der Waals surface area contributed by atoms with Gasteiger partial charge in [-0.25, -0.2) is 9.48 Å². The largest absolute Gasteiger partial charge is 0.495 e. The Bertz CT molecular complexity index is 1030. The second-order valence-electron chi connectivity index (χ2n) is 10.3. The van der Waals surface area contributed by atoms with Gasteiger partial charge in [0.25, 0.3) is 0 Å². The van der Waals surface area contributed by atoms with Crippen LogP contribution in [-0.4, -0.2) is 47.5 Å². The number of hydrogen-bond donors (Lipinski definition) is 2. The van der Waals surface area contributed by atoms with E-state index in [0.29, 0.717) is 22.9 Å². The van der Waals surface area contributed by atoms with Crippen LogP contribution in [0.4, 0.5) is 16.3 Å². The van der Waals surface area contributed by atoms with Crippen molar-refractivity contribution < 1.29 is 9.53 Å². The standard InChI is InChI=1S/C26H35N5O2/c1-26(2)19-9-8-18(21(26)16-19)17-30-14-11-20(12-15-30)31-24(10-13-27-31)29-25(32)28-22-6-4-5-7-23(22)33-3/h4-8,10,13,19-21H,9,11-12,14-17H2,1-3H3,(H2,28,29,32)/t19-,21-/m0/s1. The number of nitrogens with zero attached hydrogens (tertiary/aromatic N) is 3. The number of para-hydroxylation sites is 2. The summed E-state index contributed by atoms with van der Waals surface area (Å²) in [6, 6.07) is 9.23. The third kappa shape index (κ3) is 4.26. The number of allylic oxidation sites excluding steroid dienone is 1. The van der Waals surface area contributed by atoms with Gasteiger partial charge in [-0.1, -0.05) is 37.6 Å². The number of piperidine rings is 1. The van der Waals surface area contributed by atoms with Gasteiger partial charge in [0.1, 0.15) is 11.6 Å². The van der Waals surface area contributed by atoms with Crippen molar-refractivity contribution in [2.75, 3.05) is 37.4 Å². The number of methoxy groups -OCH3 is 1. The molecule has 33 heavy (non-hydrogen) atoms. The van der Waals surface area contributed by atoms with Gasteiger partial charge < -0.3 is 10.1 Å². The van der Waals surface area contributed by atoms with Gasteiger partial charge in [-0.3, -0.25) is 10.2 Å². The van der Waals surface area contributed by atoms with Crippen molar-refractivity contribution in [2.45, 2.75) is 45.6 Å². The molecule has 2 N–H and O–H groups in total. The number of anilines is 2. The third-order valence-corrected chi connectivity index (χ3v) is 8.16. The Labute approximate surface area is 196 Å².